The summed E-state index contributed by atoms with van der Waals surface area (Å²) in [6, 6.07) is 17.3. The number of thioether (sulfide) groups is 1. The molecule has 5 nitrogen and oxygen atoms in total. The highest BCUT2D eigenvalue weighted by molar-refractivity contribution is 14.1. The minimum Gasteiger partial charge on any atom is -0.490 e. The Labute approximate surface area is 225 Å². The van der Waals surface area contributed by atoms with E-state index in [9.17, 15) is 14.0 Å². The van der Waals surface area contributed by atoms with Gasteiger partial charge in [-0.25, -0.2) is 4.39 Å². The van der Waals surface area contributed by atoms with Gasteiger partial charge in [0, 0.05) is 9.13 Å². The Kier molecular flexibility index (Phi) is 8.35. The number of imide groups is 1. The van der Waals surface area contributed by atoms with Gasteiger partial charge in [0.25, 0.3) is 11.1 Å². The topological polar surface area (TPSA) is 55.8 Å². The summed E-state index contributed by atoms with van der Waals surface area (Å²) in [5.74, 6) is 0.0565. The third-order valence-corrected chi connectivity index (χ3v) is 7.11. The number of carbonyl (C=O) groups is 2. The van der Waals surface area contributed by atoms with Gasteiger partial charge >= 0.3 is 0 Å². The first kappa shape index (κ1) is 25.5. The smallest absolute Gasteiger partial charge is 0.293 e. The molecule has 0 unspecified atom stereocenters. The molecule has 0 bridgehead atoms. The maximum atomic E-state index is 14.1. The van der Waals surface area contributed by atoms with Gasteiger partial charge in [-0.1, -0.05) is 35.9 Å². The molecule has 2 amide bonds. The van der Waals surface area contributed by atoms with Gasteiger partial charge in [-0.05, 0) is 94.9 Å². The van der Waals surface area contributed by atoms with E-state index in [1.165, 1.54) is 17.0 Å². The summed E-state index contributed by atoms with van der Waals surface area (Å²) in [5.41, 5.74) is 1.80. The van der Waals surface area contributed by atoms with E-state index >= 15 is 0 Å². The van der Waals surface area contributed by atoms with E-state index < -0.39 is 5.82 Å². The summed E-state index contributed by atoms with van der Waals surface area (Å²) >= 11 is 9.19. The van der Waals surface area contributed by atoms with Crippen LogP contribution in [0.5, 0.6) is 11.5 Å². The van der Waals surface area contributed by atoms with E-state index in [1.807, 2.05) is 31.2 Å². The number of hydrogen-bond acceptors (Lipinski definition) is 5. The number of benzene rings is 3. The van der Waals surface area contributed by atoms with E-state index in [1.54, 1.807) is 30.3 Å². The molecule has 3 aromatic carbocycles. The number of rotatable bonds is 8. The maximum absolute atomic E-state index is 14.1. The number of halogens is 3. The molecule has 0 spiro atoms. The number of hydrogen-bond donors (Lipinski definition) is 0. The standard InChI is InChI=1S/C26H20ClFINO4S/c1-2-33-23-12-17(8-11-22(23)34-15-19-20(27)4-3-5-21(19)28)13-24-25(31)30(26(32)35-24)14-16-6-9-18(29)10-7-16/h3-13H,2,14-15H2,1H3/b24-13-. The maximum Gasteiger partial charge on any atom is 0.293 e. The van der Waals surface area contributed by atoms with Crippen LogP contribution in [0.1, 0.15) is 23.6 Å². The summed E-state index contributed by atoms with van der Waals surface area (Å²) in [5, 5.41) is -0.0351. The fraction of sp³-hybridized carbons (Fsp3) is 0.154. The minimum atomic E-state index is -0.451. The average molecular weight is 624 g/mol. The molecule has 180 valence electrons. The van der Waals surface area contributed by atoms with Gasteiger partial charge < -0.3 is 9.47 Å². The molecule has 0 aromatic heterocycles. The van der Waals surface area contributed by atoms with Crippen molar-refractivity contribution < 1.29 is 23.5 Å². The van der Waals surface area contributed by atoms with Crippen LogP contribution in [0.3, 0.4) is 0 Å². The fourth-order valence-corrected chi connectivity index (χ4v) is 4.80. The van der Waals surface area contributed by atoms with Gasteiger partial charge in [-0.3, -0.25) is 14.5 Å². The van der Waals surface area contributed by atoms with Crippen molar-refractivity contribution in [2.45, 2.75) is 20.1 Å². The number of amides is 2. The predicted molar refractivity (Wildman–Crippen MR) is 144 cm³/mol. The van der Waals surface area contributed by atoms with Crippen LogP contribution in [0.15, 0.2) is 65.6 Å². The van der Waals surface area contributed by atoms with Crippen LogP contribution >= 0.6 is 46.0 Å². The molecule has 9 heteroatoms. The Morgan fingerprint density at radius 3 is 2.54 bits per heavy atom. The van der Waals surface area contributed by atoms with Crippen LogP contribution < -0.4 is 9.47 Å². The highest BCUT2D eigenvalue weighted by Gasteiger charge is 2.35. The highest BCUT2D eigenvalue weighted by Crippen LogP contribution is 2.36. The molecule has 0 radical (unpaired) electrons. The quantitative estimate of drug-likeness (QED) is 0.195. The Morgan fingerprint density at radius 1 is 1.06 bits per heavy atom. The van der Waals surface area contributed by atoms with Crippen LogP contribution in [0.2, 0.25) is 5.02 Å². The van der Waals surface area contributed by atoms with E-state index in [4.69, 9.17) is 21.1 Å². The monoisotopic (exact) mass is 623 g/mol. The molecule has 1 heterocycles. The van der Waals surface area contributed by atoms with Crippen LogP contribution in [0.4, 0.5) is 9.18 Å². The lowest BCUT2D eigenvalue weighted by Crippen LogP contribution is -2.27. The fourth-order valence-electron chi connectivity index (χ4n) is 3.38. The Morgan fingerprint density at radius 2 is 1.83 bits per heavy atom. The molecular weight excluding hydrogens is 604 g/mol. The third kappa shape index (κ3) is 6.17. The van der Waals surface area contributed by atoms with E-state index in [2.05, 4.69) is 22.6 Å². The lowest BCUT2D eigenvalue weighted by molar-refractivity contribution is -0.123. The van der Waals surface area contributed by atoms with Gasteiger partial charge in [-0.2, -0.15) is 0 Å². The van der Waals surface area contributed by atoms with Crippen LogP contribution in [0.25, 0.3) is 6.08 Å². The van der Waals surface area contributed by atoms with Gasteiger partial charge in [-0.15, -0.1) is 0 Å². The summed E-state index contributed by atoms with van der Waals surface area (Å²) < 4.78 is 26.6. The van der Waals surface area contributed by atoms with Crippen molar-refractivity contribution in [1.29, 1.82) is 0 Å². The average Bonchev–Trinajstić information content (AvgIpc) is 3.08. The molecule has 0 saturated carbocycles. The van der Waals surface area contributed by atoms with Gasteiger partial charge in [0.2, 0.25) is 0 Å². The van der Waals surface area contributed by atoms with Gasteiger partial charge in [0.1, 0.15) is 12.4 Å². The lowest BCUT2D eigenvalue weighted by atomic mass is 10.1. The summed E-state index contributed by atoms with van der Waals surface area (Å²) in [6.07, 6.45) is 1.65. The molecule has 1 aliphatic heterocycles. The molecule has 1 aliphatic rings. The molecule has 1 fully saturated rings. The molecule has 0 aliphatic carbocycles. The van der Waals surface area contributed by atoms with Crippen molar-refractivity contribution in [3.8, 4) is 11.5 Å². The first-order valence-electron chi connectivity index (χ1n) is 10.7. The van der Waals surface area contributed by atoms with Crippen molar-refractivity contribution >= 4 is 63.2 Å². The predicted octanol–water partition coefficient (Wildman–Crippen LogP) is 7.30. The second kappa shape index (κ2) is 11.5. The van der Waals surface area contributed by atoms with Gasteiger partial charge in [0.15, 0.2) is 11.5 Å². The summed E-state index contributed by atoms with van der Waals surface area (Å²) in [6.45, 7) is 2.36. The van der Waals surface area contributed by atoms with E-state index in [-0.39, 0.29) is 34.9 Å². The van der Waals surface area contributed by atoms with Crippen molar-refractivity contribution in [2.75, 3.05) is 6.61 Å². The molecule has 4 rings (SSSR count). The van der Waals surface area contributed by atoms with Crippen molar-refractivity contribution in [2.24, 2.45) is 0 Å². The molecule has 0 N–H and O–H groups in total. The summed E-state index contributed by atoms with van der Waals surface area (Å²) in [7, 11) is 0. The Bertz CT molecular complexity index is 1280. The van der Waals surface area contributed by atoms with Crippen molar-refractivity contribution in [3.05, 3.63) is 96.7 Å². The van der Waals surface area contributed by atoms with E-state index in [0.717, 1.165) is 20.9 Å². The number of carbonyl (C=O) groups excluding carboxylic acids is 2. The van der Waals surface area contributed by atoms with Crippen LogP contribution in [0, 0.1) is 9.39 Å². The Hall–Kier alpha value is -2.56. The molecular formula is C26H20ClFINO4S. The second-order valence-corrected chi connectivity index (χ2v) is 10.2. The first-order chi connectivity index (χ1) is 16.9. The SMILES string of the molecule is CCOc1cc(/C=C2\SC(=O)N(Cc3ccc(I)cc3)C2=O)ccc1OCc1c(F)cccc1Cl. The normalized spacial score (nSPS) is 14.6. The van der Waals surface area contributed by atoms with Crippen molar-refractivity contribution in [3.63, 3.8) is 0 Å². The zero-order valence-corrected chi connectivity index (χ0v) is 22.3. The number of ether oxygens (including phenoxy) is 2. The van der Waals surface area contributed by atoms with Crippen LogP contribution in [-0.2, 0) is 17.9 Å². The number of nitrogens with zero attached hydrogens (tertiary/aromatic N) is 1. The largest absolute Gasteiger partial charge is 0.490 e. The molecule has 3 aromatic rings. The van der Waals surface area contributed by atoms with Crippen molar-refractivity contribution in [1.82, 2.24) is 4.90 Å². The Balaban J connectivity index is 1.52. The minimum absolute atomic E-state index is 0.0671. The lowest BCUT2D eigenvalue weighted by Gasteiger charge is -2.14. The summed E-state index contributed by atoms with van der Waals surface area (Å²) in [4.78, 5) is 27.0. The molecule has 0 atom stereocenters. The third-order valence-electron chi connectivity index (χ3n) is 5.13. The highest BCUT2D eigenvalue weighted by atomic mass is 127. The van der Waals surface area contributed by atoms with Crippen LogP contribution in [-0.4, -0.2) is 22.7 Å². The zero-order chi connectivity index (χ0) is 24.9. The zero-order valence-electron chi connectivity index (χ0n) is 18.6. The van der Waals surface area contributed by atoms with E-state index in [0.29, 0.717) is 28.6 Å². The first-order valence-corrected chi connectivity index (χ1v) is 13.0. The van der Waals surface area contributed by atoms with Gasteiger partial charge in [0.05, 0.1) is 23.1 Å². The molecule has 35 heavy (non-hydrogen) atoms. The second-order valence-electron chi connectivity index (χ2n) is 7.52. The molecule has 1 saturated heterocycles.